The van der Waals surface area contributed by atoms with Crippen molar-refractivity contribution in [1.29, 1.82) is 0 Å². The molecule has 0 saturated heterocycles. The first-order valence-corrected chi connectivity index (χ1v) is 7.16. The molecule has 0 saturated carbocycles. The van der Waals surface area contributed by atoms with E-state index in [0.717, 1.165) is 0 Å². The maximum atomic E-state index is 11.2. The Labute approximate surface area is 107 Å². The van der Waals surface area contributed by atoms with Crippen LogP contribution in [0.25, 0.3) is 0 Å². The lowest BCUT2D eigenvalue weighted by atomic mass is 10.3. The Morgan fingerprint density at radius 1 is 1.35 bits per heavy atom. The van der Waals surface area contributed by atoms with Crippen LogP contribution in [0.4, 0.5) is 0 Å². The van der Waals surface area contributed by atoms with Gasteiger partial charge in [0.05, 0.1) is 11.8 Å². The fraction of sp³-hybridized carbons (Fsp3) is 0.625. The van der Waals surface area contributed by atoms with Crippen molar-refractivity contribution in [3.63, 3.8) is 0 Å². The van der Waals surface area contributed by atoms with Crippen molar-refractivity contribution in [1.82, 2.24) is 10.6 Å². The molecule has 0 aromatic rings. The minimum absolute atomic E-state index is 0.105. The summed E-state index contributed by atoms with van der Waals surface area (Å²) in [7, 11) is 4.11. The van der Waals surface area contributed by atoms with E-state index in [-0.39, 0.29) is 11.7 Å². The lowest BCUT2D eigenvalue weighted by Gasteiger charge is -2.09. The zero-order valence-corrected chi connectivity index (χ0v) is 10.9. The molecule has 0 aliphatic carbocycles. The van der Waals surface area contributed by atoms with Crippen molar-refractivity contribution in [2.75, 3.05) is 25.1 Å². The first kappa shape index (κ1) is 16.1. The molecule has 0 unspecified atom stereocenters. The highest BCUT2D eigenvalue weighted by Crippen LogP contribution is 2.20. The van der Waals surface area contributed by atoms with Crippen molar-refractivity contribution in [2.45, 2.75) is 6.04 Å². The molecule has 7 nitrogen and oxygen atoms in total. The molecule has 0 fully saturated rings. The number of carboxylic acid groups (broad SMARTS) is 1. The SMILES string of the molecule is CNC(=O)CSSC[C@H](N)C(=O)NCC(=O)O. The topological polar surface area (TPSA) is 122 Å². The van der Waals surface area contributed by atoms with Gasteiger partial charge in [-0.15, -0.1) is 0 Å². The van der Waals surface area contributed by atoms with E-state index in [0.29, 0.717) is 5.75 Å². The average molecular weight is 281 g/mol. The summed E-state index contributed by atoms with van der Waals surface area (Å²) in [5, 5.41) is 13.0. The van der Waals surface area contributed by atoms with Crippen LogP contribution in [0.3, 0.4) is 0 Å². The van der Waals surface area contributed by atoms with Crippen LogP contribution in [0.2, 0.25) is 0 Å². The monoisotopic (exact) mass is 281 g/mol. The first-order chi connectivity index (χ1) is 7.97. The Balaban J connectivity index is 3.63. The summed E-state index contributed by atoms with van der Waals surface area (Å²) in [5.74, 6) is -1.14. The fourth-order valence-corrected chi connectivity index (χ4v) is 2.69. The van der Waals surface area contributed by atoms with E-state index in [4.69, 9.17) is 10.8 Å². The minimum atomic E-state index is -1.12. The molecule has 0 rings (SSSR count). The number of amides is 2. The van der Waals surface area contributed by atoms with Gasteiger partial charge in [-0.3, -0.25) is 14.4 Å². The molecule has 0 aromatic carbocycles. The molecule has 98 valence electrons. The number of aliphatic carboxylic acids is 1. The van der Waals surface area contributed by atoms with E-state index in [1.807, 2.05) is 0 Å². The Bertz CT molecular complexity index is 288. The molecule has 0 aliphatic heterocycles. The summed E-state index contributed by atoms with van der Waals surface area (Å²) < 4.78 is 0. The quantitative estimate of drug-likeness (QED) is 0.320. The lowest BCUT2D eigenvalue weighted by Crippen LogP contribution is -2.43. The summed E-state index contributed by atoms with van der Waals surface area (Å²) in [5.41, 5.74) is 5.51. The molecule has 0 aliphatic rings. The van der Waals surface area contributed by atoms with Crippen molar-refractivity contribution in [3.8, 4) is 0 Å². The predicted octanol–water partition coefficient (Wildman–Crippen LogP) is -1.36. The number of hydrogen-bond acceptors (Lipinski definition) is 6. The largest absolute Gasteiger partial charge is 0.480 e. The van der Waals surface area contributed by atoms with Gasteiger partial charge in [-0.05, 0) is 0 Å². The van der Waals surface area contributed by atoms with Gasteiger partial charge in [0, 0.05) is 12.8 Å². The smallest absolute Gasteiger partial charge is 0.322 e. The zero-order chi connectivity index (χ0) is 13.3. The van der Waals surface area contributed by atoms with Crippen LogP contribution in [0.5, 0.6) is 0 Å². The maximum absolute atomic E-state index is 11.2. The zero-order valence-electron chi connectivity index (χ0n) is 9.26. The second kappa shape index (κ2) is 9.14. The van der Waals surface area contributed by atoms with Crippen LogP contribution in [0.1, 0.15) is 0 Å². The van der Waals surface area contributed by atoms with E-state index in [9.17, 15) is 14.4 Å². The molecule has 5 N–H and O–H groups in total. The Morgan fingerprint density at radius 3 is 2.53 bits per heavy atom. The van der Waals surface area contributed by atoms with E-state index in [1.54, 1.807) is 7.05 Å². The van der Waals surface area contributed by atoms with Gasteiger partial charge in [-0.25, -0.2) is 0 Å². The van der Waals surface area contributed by atoms with Gasteiger partial charge < -0.3 is 21.5 Å². The first-order valence-electron chi connectivity index (χ1n) is 4.67. The molecule has 9 heteroatoms. The Hall–Kier alpha value is -0.930. The highest BCUT2D eigenvalue weighted by molar-refractivity contribution is 8.76. The number of carbonyl (C=O) groups is 3. The molecule has 17 heavy (non-hydrogen) atoms. The number of nitrogens with two attached hydrogens (primary N) is 1. The third-order valence-corrected chi connectivity index (χ3v) is 3.85. The van der Waals surface area contributed by atoms with Crippen LogP contribution in [-0.2, 0) is 14.4 Å². The second-order valence-corrected chi connectivity index (χ2v) is 5.45. The molecule has 0 aromatic heterocycles. The van der Waals surface area contributed by atoms with Crippen molar-refractivity contribution in [3.05, 3.63) is 0 Å². The van der Waals surface area contributed by atoms with Crippen molar-refractivity contribution >= 4 is 39.4 Å². The van der Waals surface area contributed by atoms with Crippen molar-refractivity contribution < 1.29 is 19.5 Å². The van der Waals surface area contributed by atoms with Gasteiger partial charge in [-0.2, -0.15) is 0 Å². The molecule has 0 heterocycles. The van der Waals surface area contributed by atoms with Crippen molar-refractivity contribution in [2.24, 2.45) is 5.73 Å². The molecule has 0 spiro atoms. The van der Waals surface area contributed by atoms with E-state index < -0.39 is 24.5 Å². The van der Waals surface area contributed by atoms with E-state index in [1.165, 1.54) is 21.6 Å². The van der Waals surface area contributed by atoms with E-state index >= 15 is 0 Å². The average Bonchev–Trinajstić information content (AvgIpc) is 2.30. The van der Waals surface area contributed by atoms with Gasteiger partial charge in [0.2, 0.25) is 11.8 Å². The number of carboxylic acids is 1. The summed E-state index contributed by atoms with van der Waals surface area (Å²) in [6.07, 6.45) is 0. The number of rotatable bonds is 8. The van der Waals surface area contributed by atoms with Gasteiger partial charge in [0.25, 0.3) is 0 Å². The van der Waals surface area contributed by atoms with Crippen LogP contribution in [-0.4, -0.2) is 54.0 Å². The van der Waals surface area contributed by atoms with Gasteiger partial charge in [0.1, 0.15) is 6.54 Å². The number of nitrogens with one attached hydrogen (secondary N) is 2. The molecule has 2 amide bonds. The Morgan fingerprint density at radius 2 is 2.00 bits per heavy atom. The minimum Gasteiger partial charge on any atom is -0.480 e. The van der Waals surface area contributed by atoms with Gasteiger partial charge in [-0.1, -0.05) is 21.6 Å². The highest BCUT2D eigenvalue weighted by atomic mass is 33.1. The summed E-state index contributed by atoms with van der Waals surface area (Å²) in [4.78, 5) is 32.3. The maximum Gasteiger partial charge on any atom is 0.322 e. The third kappa shape index (κ3) is 8.83. The molecular formula is C8H15N3O4S2. The van der Waals surface area contributed by atoms with Crippen LogP contribution in [0, 0.1) is 0 Å². The van der Waals surface area contributed by atoms with Crippen LogP contribution < -0.4 is 16.4 Å². The number of hydrogen-bond donors (Lipinski definition) is 4. The van der Waals surface area contributed by atoms with Gasteiger partial charge in [0.15, 0.2) is 0 Å². The van der Waals surface area contributed by atoms with Crippen LogP contribution in [0.15, 0.2) is 0 Å². The standard InChI is InChI=1S/C8H15N3O4S2/c1-10-6(12)4-17-16-3-5(9)8(15)11-2-7(13)14/h5H,2-4,9H2,1H3,(H,10,12)(H,11,15)(H,13,14)/t5-/m0/s1. The van der Waals surface area contributed by atoms with Crippen LogP contribution >= 0.6 is 21.6 Å². The highest BCUT2D eigenvalue weighted by Gasteiger charge is 2.14. The van der Waals surface area contributed by atoms with Gasteiger partial charge >= 0.3 is 5.97 Å². The fourth-order valence-electron chi connectivity index (χ4n) is 0.658. The predicted molar refractivity (Wildman–Crippen MR) is 67.6 cm³/mol. The summed E-state index contributed by atoms with van der Waals surface area (Å²) in [6, 6.07) is -0.781. The Kier molecular flexibility index (Phi) is 8.64. The summed E-state index contributed by atoms with van der Waals surface area (Å²) >= 11 is 0. The third-order valence-electron chi connectivity index (χ3n) is 1.55. The number of carbonyl (C=O) groups excluding carboxylic acids is 2. The second-order valence-electron chi connectivity index (χ2n) is 2.94. The molecule has 0 radical (unpaired) electrons. The molecular weight excluding hydrogens is 266 g/mol. The summed E-state index contributed by atoms with van der Waals surface area (Å²) in [6.45, 7) is -0.442. The van der Waals surface area contributed by atoms with E-state index in [2.05, 4.69) is 10.6 Å². The normalized spacial score (nSPS) is 11.6. The molecule has 1 atom stereocenters. The lowest BCUT2D eigenvalue weighted by molar-refractivity contribution is -0.138. The molecule has 0 bridgehead atoms.